The summed E-state index contributed by atoms with van der Waals surface area (Å²) in [6.45, 7) is 5.24. The number of carbonyl (C=O) groups is 3. The Labute approximate surface area is 192 Å². The van der Waals surface area contributed by atoms with Crippen molar-refractivity contribution in [2.45, 2.75) is 69.7 Å². The highest BCUT2D eigenvalue weighted by Crippen LogP contribution is 2.64. The molecule has 4 fully saturated rings. The average Bonchev–Trinajstić information content (AvgIpc) is 2.67. The molecule has 1 aromatic rings. The van der Waals surface area contributed by atoms with E-state index in [4.69, 9.17) is 4.74 Å². The third kappa shape index (κ3) is 4.52. The summed E-state index contributed by atoms with van der Waals surface area (Å²) in [6.07, 6.45) is 5.05. The number of carbonyl (C=O) groups excluding carboxylic acids is 3. The van der Waals surface area contributed by atoms with Crippen LogP contribution in [0.3, 0.4) is 0 Å². The Morgan fingerprint density at radius 1 is 1.13 bits per heavy atom. The largest absolute Gasteiger partial charge is 0.452 e. The zero-order chi connectivity index (χ0) is 22.4. The summed E-state index contributed by atoms with van der Waals surface area (Å²) in [5.74, 6) is 0.0970. The van der Waals surface area contributed by atoms with E-state index in [0.29, 0.717) is 11.8 Å². The van der Waals surface area contributed by atoms with Crippen LogP contribution in [0.2, 0.25) is 0 Å². The van der Waals surface area contributed by atoms with Crippen molar-refractivity contribution in [2.75, 3.05) is 11.9 Å². The van der Waals surface area contributed by atoms with Gasteiger partial charge in [-0.3, -0.25) is 14.4 Å². The molecule has 0 radical (unpaired) electrons. The van der Waals surface area contributed by atoms with E-state index in [0.717, 1.165) is 48.9 Å². The van der Waals surface area contributed by atoms with E-state index in [9.17, 15) is 14.4 Å². The van der Waals surface area contributed by atoms with Gasteiger partial charge >= 0.3 is 5.97 Å². The standard InChI is InChI=1S/C24H31BrN2O4/c1-14-5-4-6-15(2)20(14)27-19(28)12-26-21(29)16(3)31-22(30)23-8-17-7-18(9-23)11-24(25,10-17)13-23/h4-6,16-18H,7-13H2,1-3H3,(H,26,29)(H,27,28). The van der Waals surface area contributed by atoms with Gasteiger partial charge in [0.1, 0.15) is 0 Å². The molecule has 7 heteroatoms. The van der Waals surface area contributed by atoms with E-state index in [1.54, 1.807) is 6.92 Å². The summed E-state index contributed by atoms with van der Waals surface area (Å²) < 4.78 is 5.68. The highest BCUT2D eigenvalue weighted by Gasteiger charge is 2.60. The van der Waals surface area contributed by atoms with E-state index in [2.05, 4.69) is 26.6 Å². The number of hydrogen-bond donors (Lipinski definition) is 2. The Morgan fingerprint density at radius 3 is 2.32 bits per heavy atom. The maximum atomic E-state index is 13.1. The van der Waals surface area contributed by atoms with E-state index in [1.807, 2.05) is 32.0 Å². The molecule has 3 atom stereocenters. The number of hydrogen-bond acceptors (Lipinski definition) is 4. The molecule has 2 amide bonds. The summed E-state index contributed by atoms with van der Waals surface area (Å²) in [6, 6.07) is 5.77. The van der Waals surface area contributed by atoms with Crippen LogP contribution in [0, 0.1) is 31.1 Å². The molecule has 0 aliphatic heterocycles. The number of anilines is 1. The van der Waals surface area contributed by atoms with Gasteiger partial charge in [0.15, 0.2) is 6.10 Å². The van der Waals surface area contributed by atoms with Gasteiger partial charge < -0.3 is 15.4 Å². The molecule has 2 N–H and O–H groups in total. The van der Waals surface area contributed by atoms with Crippen molar-refractivity contribution in [3.8, 4) is 0 Å². The van der Waals surface area contributed by atoms with Crippen LogP contribution in [-0.4, -0.2) is 34.8 Å². The number of alkyl halides is 1. The number of rotatable bonds is 6. The maximum Gasteiger partial charge on any atom is 0.312 e. The first kappa shape index (κ1) is 22.3. The van der Waals surface area contributed by atoms with Crippen LogP contribution in [-0.2, 0) is 19.1 Å². The van der Waals surface area contributed by atoms with Gasteiger partial charge in [-0.2, -0.15) is 0 Å². The Kier molecular flexibility index (Phi) is 5.92. The topological polar surface area (TPSA) is 84.5 Å². The summed E-state index contributed by atoms with van der Waals surface area (Å²) in [5.41, 5.74) is 2.21. The van der Waals surface area contributed by atoms with Gasteiger partial charge in [-0.05, 0) is 82.3 Å². The van der Waals surface area contributed by atoms with Gasteiger partial charge in [0.05, 0.1) is 12.0 Å². The molecule has 0 spiro atoms. The molecule has 0 saturated heterocycles. The number of ether oxygens (including phenoxy) is 1. The van der Waals surface area contributed by atoms with Gasteiger partial charge in [0, 0.05) is 10.0 Å². The molecular formula is C24H31BrN2O4. The lowest BCUT2D eigenvalue weighted by molar-refractivity contribution is -0.176. The molecule has 168 valence electrons. The molecule has 1 aromatic carbocycles. The molecule has 6 nitrogen and oxygen atoms in total. The van der Waals surface area contributed by atoms with Crippen LogP contribution in [0.25, 0.3) is 0 Å². The molecule has 4 aliphatic carbocycles. The summed E-state index contributed by atoms with van der Waals surface area (Å²) in [5, 5.41) is 5.43. The average molecular weight is 491 g/mol. The lowest BCUT2D eigenvalue weighted by atomic mass is 9.49. The van der Waals surface area contributed by atoms with E-state index in [1.165, 1.54) is 6.42 Å². The van der Waals surface area contributed by atoms with E-state index in [-0.39, 0.29) is 22.7 Å². The predicted octanol–water partition coefficient (Wildman–Crippen LogP) is 4.02. The van der Waals surface area contributed by atoms with Crippen LogP contribution < -0.4 is 10.6 Å². The van der Waals surface area contributed by atoms with Crippen LogP contribution in [0.15, 0.2) is 18.2 Å². The van der Waals surface area contributed by atoms with Gasteiger partial charge in [-0.1, -0.05) is 34.1 Å². The summed E-state index contributed by atoms with van der Waals surface area (Å²) in [4.78, 5) is 37.9. The molecule has 31 heavy (non-hydrogen) atoms. The quantitative estimate of drug-likeness (QED) is 0.465. The minimum absolute atomic E-state index is 0.0490. The molecular weight excluding hydrogens is 460 g/mol. The number of esters is 1. The van der Waals surface area contributed by atoms with Crippen LogP contribution in [0.4, 0.5) is 5.69 Å². The third-order valence-corrected chi connectivity index (χ3v) is 8.17. The smallest absolute Gasteiger partial charge is 0.312 e. The molecule has 5 rings (SSSR count). The second kappa shape index (κ2) is 8.23. The Bertz CT molecular complexity index is 881. The zero-order valence-electron chi connectivity index (χ0n) is 18.4. The lowest BCUT2D eigenvalue weighted by Gasteiger charge is -2.58. The second-order valence-electron chi connectivity index (χ2n) is 9.97. The van der Waals surface area contributed by atoms with Crippen molar-refractivity contribution in [2.24, 2.45) is 17.3 Å². The monoisotopic (exact) mass is 490 g/mol. The molecule has 3 unspecified atom stereocenters. The number of amides is 2. The molecule has 4 saturated carbocycles. The first-order valence-electron chi connectivity index (χ1n) is 11.1. The highest BCUT2D eigenvalue weighted by atomic mass is 79.9. The van der Waals surface area contributed by atoms with Gasteiger partial charge in [0.25, 0.3) is 5.91 Å². The van der Waals surface area contributed by atoms with Crippen LogP contribution in [0.5, 0.6) is 0 Å². The number of aryl methyl sites for hydroxylation is 2. The van der Waals surface area contributed by atoms with Crippen LogP contribution in [0.1, 0.15) is 56.6 Å². The molecule has 4 bridgehead atoms. The second-order valence-corrected chi connectivity index (χ2v) is 11.7. The van der Waals surface area contributed by atoms with Crippen molar-refractivity contribution in [3.05, 3.63) is 29.3 Å². The first-order valence-corrected chi connectivity index (χ1v) is 11.9. The van der Waals surface area contributed by atoms with Crippen molar-refractivity contribution in [3.63, 3.8) is 0 Å². The van der Waals surface area contributed by atoms with Crippen molar-refractivity contribution in [1.82, 2.24) is 5.32 Å². The lowest BCUT2D eigenvalue weighted by Crippen LogP contribution is -2.56. The summed E-state index contributed by atoms with van der Waals surface area (Å²) >= 11 is 3.90. The Hall–Kier alpha value is -1.89. The Balaban J connectivity index is 1.30. The molecule has 0 aromatic heterocycles. The van der Waals surface area contributed by atoms with Gasteiger partial charge in [0.2, 0.25) is 5.91 Å². The maximum absolute atomic E-state index is 13.1. The normalized spacial score (nSPS) is 31.7. The zero-order valence-corrected chi connectivity index (χ0v) is 20.0. The SMILES string of the molecule is Cc1cccc(C)c1NC(=O)CNC(=O)C(C)OC(=O)C12CC3CC(CC(Br)(C3)C1)C2. The number of para-hydroxylation sites is 1. The fraction of sp³-hybridized carbons (Fsp3) is 0.625. The first-order chi connectivity index (χ1) is 14.6. The van der Waals surface area contributed by atoms with Gasteiger partial charge in [-0.15, -0.1) is 0 Å². The molecule has 4 aliphatic rings. The van der Waals surface area contributed by atoms with Crippen molar-refractivity contribution >= 4 is 39.4 Å². The van der Waals surface area contributed by atoms with Crippen molar-refractivity contribution in [1.29, 1.82) is 0 Å². The summed E-state index contributed by atoms with van der Waals surface area (Å²) in [7, 11) is 0. The fourth-order valence-electron chi connectivity index (χ4n) is 6.24. The van der Waals surface area contributed by atoms with Crippen molar-refractivity contribution < 1.29 is 19.1 Å². The van der Waals surface area contributed by atoms with Crippen LogP contribution >= 0.6 is 15.9 Å². The number of benzene rings is 1. The molecule has 0 heterocycles. The fourth-order valence-corrected chi connectivity index (χ4v) is 7.69. The number of nitrogens with one attached hydrogen (secondary N) is 2. The third-order valence-electron chi connectivity index (χ3n) is 7.24. The number of halogens is 1. The minimum Gasteiger partial charge on any atom is -0.452 e. The van der Waals surface area contributed by atoms with E-state index >= 15 is 0 Å². The minimum atomic E-state index is -0.931. The van der Waals surface area contributed by atoms with Gasteiger partial charge in [-0.25, -0.2) is 0 Å². The highest BCUT2D eigenvalue weighted by molar-refractivity contribution is 9.10. The Morgan fingerprint density at radius 2 is 1.74 bits per heavy atom. The van der Waals surface area contributed by atoms with E-state index < -0.39 is 17.4 Å². The predicted molar refractivity (Wildman–Crippen MR) is 122 cm³/mol.